The number of halogens is 3. The zero-order valence-electron chi connectivity index (χ0n) is 10.2. The van der Waals surface area contributed by atoms with Crippen LogP contribution in [0.25, 0.3) is 0 Å². The Morgan fingerprint density at radius 2 is 1.79 bits per heavy atom. The molecule has 4 nitrogen and oxygen atoms in total. The van der Waals surface area contributed by atoms with Crippen molar-refractivity contribution in [2.75, 3.05) is 38.0 Å². The molecule has 1 heterocycles. The highest BCUT2D eigenvalue weighted by Gasteiger charge is 2.16. The van der Waals surface area contributed by atoms with Crippen LogP contribution in [0, 0.1) is 17.5 Å². The van der Waals surface area contributed by atoms with E-state index >= 15 is 0 Å². The topological polar surface area (TPSA) is 44.4 Å². The van der Waals surface area contributed by atoms with E-state index in [0.717, 1.165) is 13.1 Å². The molecule has 0 aliphatic carbocycles. The van der Waals surface area contributed by atoms with Gasteiger partial charge in [0.15, 0.2) is 11.6 Å². The van der Waals surface area contributed by atoms with Crippen LogP contribution in [0.1, 0.15) is 0 Å². The molecule has 0 radical (unpaired) electrons. The summed E-state index contributed by atoms with van der Waals surface area (Å²) in [7, 11) is 0. The van der Waals surface area contributed by atoms with E-state index < -0.39 is 23.4 Å². The quantitative estimate of drug-likeness (QED) is 0.806. The monoisotopic (exact) mass is 273 g/mol. The van der Waals surface area contributed by atoms with Crippen LogP contribution in [0.3, 0.4) is 0 Å². The molecule has 1 aromatic rings. The average molecular weight is 273 g/mol. The highest BCUT2D eigenvalue weighted by atomic mass is 19.2. The number of benzene rings is 1. The van der Waals surface area contributed by atoms with Gasteiger partial charge in [-0.3, -0.25) is 9.69 Å². The summed E-state index contributed by atoms with van der Waals surface area (Å²) in [4.78, 5) is 13.6. The van der Waals surface area contributed by atoms with E-state index in [1.807, 2.05) is 4.90 Å². The summed E-state index contributed by atoms with van der Waals surface area (Å²) in [5.74, 6) is -3.92. The first-order chi connectivity index (χ1) is 9.06. The molecule has 104 valence electrons. The smallest absolute Gasteiger partial charge is 0.238 e. The van der Waals surface area contributed by atoms with Crippen molar-refractivity contribution in [2.24, 2.45) is 0 Å². The lowest BCUT2D eigenvalue weighted by molar-refractivity contribution is -0.117. The Bertz CT molecular complexity index is 476. The normalized spacial score (nSPS) is 16.4. The number of nitrogens with zero attached hydrogens (tertiary/aromatic N) is 1. The van der Waals surface area contributed by atoms with Crippen LogP contribution in [-0.4, -0.2) is 43.5 Å². The van der Waals surface area contributed by atoms with E-state index in [0.29, 0.717) is 25.2 Å². The predicted molar refractivity (Wildman–Crippen MR) is 64.3 cm³/mol. The van der Waals surface area contributed by atoms with Gasteiger partial charge in [0.25, 0.3) is 0 Å². The number of rotatable bonds is 3. The van der Waals surface area contributed by atoms with Crippen molar-refractivity contribution in [1.82, 2.24) is 10.2 Å². The van der Waals surface area contributed by atoms with Crippen molar-refractivity contribution >= 4 is 11.6 Å². The first kappa shape index (κ1) is 13.8. The number of hydrogen-bond acceptors (Lipinski definition) is 3. The maximum absolute atomic E-state index is 13.3. The summed E-state index contributed by atoms with van der Waals surface area (Å²) in [6, 6.07) is 1.05. The average Bonchev–Trinajstić information content (AvgIpc) is 2.37. The third-order valence-corrected chi connectivity index (χ3v) is 2.86. The fourth-order valence-corrected chi connectivity index (χ4v) is 1.88. The van der Waals surface area contributed by atoms with Gasteiger partial charge >= 0.3 is 0 Å². The standard InChI is InChI=1S/C12H14F3N3O/c13-8-5-10(15)11(6-9(8)14)17-12(19)7-18-3-1-16-2-4-18/h5-6,16H,1-4,7H2,(H,17,19). The van der Waals surface area contributed by atoms with Gasteiger partial charge in [-0.15, -0.1) is 0 Å². The summed E-state index contributed by atoms with van der Waals surface area (Å²) in [6.45, 7) is 3.10. The number of piperazine rings is 1. The van der Waals surface area contributed by atoms with Crippen molar-refractivity contribution in [3.63, 3.8) is 0 Å². The van der Waals surface area contributed by atoms with Gasteiger partial charge in [-0.25, -0.2) is 13.2 Å². The Labute approximate surface area is 108 Å². The molecule has 1 saturated heterocycles. The Balaban J connectivity index is 1.96. The summed E-state index contributed by atoms with van der Waals surface area (Å²) in [5, 5.41) is 5.38. The van der Waals surface area contributed by atoms with Gasteiger partial charge in [-0.2, -0.15) is 0 Å². The Morgan fingerprint density at radius 3 is 2.47 bits per heavy atom. The van der Waals surface area contributed by atoms with Crippen LogP contribution in [-0.2, 0) is 4.79 Å². The minimum absolute atomic E-state index is 0.0973. The lowest BCUT2D eigenvalue weighted by atomic mass is 10.2. The predicted octanol–water partition coefficient (Wildman–Crippen LogP) is 0.948. The van der Waals surface area contributed by atoms with Gasteiger partial charge in [0, 0.05) is 38.3 Å². The van der Waals surface area contributed by atoms with Gasteiger partial charge in [-0.05, 0) is 0 Å². The third kappa shape index (κ3) is 3.68. The first-order valence-electron chi connectivity index (χ1n) is 5.94. The molecule has 2 rings (SSSR count). The molecule has 0 aromatic heterocycles. The van der Waals surface area contributed by atoms with E-state index in [-0.39, 0.29) is 12.2 Å². The number of carbonyl (C=O) groups excluding carboxylic acids is 1. The first-order valence-corrected chi connectivity index (χ1v) is 5.94. The zero-order chi connectivity index (χ0) is 13.8. The van der Waals surface area contributed by atoms with Crippen molar-refractivity contribution < 1.29 is 18.0 Å². The second-order valence-corrected chi connectivity index (χ2v) is 4.32. The molecule has 0 unspecified atom stereocenters. The fourth-order valence-electron chi connectivity index (χ4n) is 1.88. The van der Waals surface area contributed by atoms with Crippen LogP contribution in [0.4, 0.5) is 18.9 Å². The van der Waals surface area contributed by atoms with Crippen LogP contribution in [0.5, 0.6) is 0 Å². The number of nitrogens with one attached hydrogen (secondary N) is 2. The summed E-state index contributed by atoms with van der Waals surface area (Å²) in [6.07, 6.45) is 0. The lowest BCUT2D eigenvalue weighted by Crippen LogP contribution is -2.46. The van der Waals surface area contributed by atoms with E-state index in [1.165, 1.54) is 0 Å². The summed E-state index contributed by atoms with van der Waals surface area (Å²) < 4.78 is 39.0. The van der Waals surface area contributed by atoms with E-state index in [4.69, 9.17) is 0 Å². The molecule has 1 amide bonds. The molecule has 1 aliphatic rings. The molecule has 0 spiro atoms. The van der Waals surface area contributed by atoms with Gasteiger partial charge in [0.05, 0.1) is 12.2 Å². The molecule has 1 aliphatic heterocycles. The summed E-state index contributed by atoms with van der Waals surface area (Å²) >= 11 is 0. The van der Waals surface area contributed by atoms with Crippen molar-refractivity contribution in [3.8, 4) is 0 Å². The zero-order valence-corrected chi connectivity index (χ0v) is 10.2. The van der Waals surface area contributed by atoms with Gasteiger partial charge in [-0.1, -0.05) is 0 Å². The SMILES string of the molecule is O=C(CN1CCNCC1)Nc1cc(F)c(F)cc1F. The number of hydrogen-bond donors (Lipinski definition) is 2. The maximum atomic E-state index is 13.3. The highest BCUT2D eigenvalue weighted by Crippen LogP contribution is 2.18. The van der Waals surface area contributed by atoms with E-state index in [1.54, 1.807) is 0 Å². The van der Waals surface area contributed by atoms with Gasteiger partial charge in [0.2, 0.25) is 5.91 Å². The van der Waals surface area contributed by atoms with Crippen LogP contribution < -0.4 is 10.6 Å². The molecular weight excluding hydrogens is 259 g/mol. The molecule has 0 atom stereocenters. The van der Waals surface area contributed by atoms with E-state index in [2.05, 4.69) is 10.6 Å². The van der Waals surface area contributed by atoms with Crippen molar-refractivity contribution in [2.45, 2.75) is 0 Å². The number of amides is 1. The minimum atomic E-state index is -1.28. The molecule has 2 N–H and O–H groups in total. The molecule has 7 heteroatoms. The van der Waals surface area contributed by atoms with Crippen LogP contribution >= 0.6 is 0 Å². The molecular formula is C12H14F3N3O. The highest BCUT2D eigenvalue weighted by molar-refractivity contribution is 5.92. The third-order valence-electron chi connectivity index (χ3n) is 2.86. The number of carbonyl (C=O) groups is 1. The van der Waals surface area contributed by atoms with Gasteiger partial charge in [0.1, 0.15) is 5.82 Å². The lowest BCUT2D eigenvalue weighted by Gasteiger charge is -2.26. The Kier molecular flexibility index (Phi) is 4.39. The van der Waals surface area contributed by atoms with Crippen molar-refractivity contribution in [3.05, 3.63) is 29.6 Å². The Morgan fingerprint density at radius 1 is 1.16 bits per heavy atom. The molecule has 1 aromatic carbocycles. The van der Waals surface area contributed by atoms with E-state index in [9.17, 15) is 18.0 Å². The molecule has 19 heavy (non-hydrogen) atoms. The second-order valence-electron chi connectivity index (χ2n) is 4.32. The molecule has 0 saturated carbocycles. The minimum Gasteiger partial charge on any atom is -0.322 e. The summed E-state index contributed by atoms with van der Waals surface area (Å²) in [5.41, 5.74) is -0.348. The number of anilines is 1. The maximum Gasteiger partial charge on any atom is 0.238 e. The second kappa shape index (κ2) is 6.03. The fraction of sp³-hybridized carbons (Fsp3) is 0.417. The van der Waals surface area contributed by atoms with Crippen molar-refractivity contribution in [1.29, 1.82) is 0 Å². The largest absolute Gasteiger partial charge is 0.322 e. The molecule has 0 bridgehead atoms. The van der Waals surface area contributed by atoms with Crippen LogP contribution in [0.15, 0.2) is 12.1 Å². The van der Waals surface area contributed by atoms with Crippen LogP contribution in [0.2, 0.25) is 0 Å². The molecule has 1 fully saturated rings. The van der Waals surface area contributed by atoms with Gasteiger partial charge < -0.3 is 10.6 Å². The Hall–Kier alpha value is -1.60.